The molecule has 2 N–H and O–H groups in total. The lowest BCUT2D eigenvalue weighted by Crippen LogP contribution is -2.27. The van der Waals surface area contributed by atoms with Gasteiger partial charge in [-0.3, -0.25) is 9.98 Å². The Morgan fingerprint density at radius 2 is 1.12 bits per heavy atom. The SMILES string of the molecule is CCCc1cc(C=NC2CCCCC2N=Cc2cc(CCC)cc(CC)c2O)c(O)c(CC)c1. The lowest BCUT2D eigenvalue weighted by Gasteiger charge is -2.25. The molecule has 0 bridgehead atoms. The third-order valence-electron chi connectivity index (χ3n) is 6.90. The second kappa shape index (κ2) is 12.7. The molecule has 0 aromatic heterocycles. The molecular formula is C30H42N2O2. The maximum absolute atomic E-state index is 10.7. The number of nitrogens with zero attached hydrogens (tertiary/aromatic N) is 2. The fourth-order valence-corrected chi connectivity index (χ4v) is 4.97. The lowest BCUT2D eigenvalue weighted by atomic mass is 9.91. The molecule has 34 heavy (non-hydrogen) atoms. The standard InChI is InChI=1S/C30H42N2O2/c1-5-11-21-15-23(7-3)29(33)25(17-21)19-31-27-13-9-10-14-28(27)32-20-26-18-22(12-6-2)16-24(8-4)30(26)34/h15-20,27-28,33-34H,5-14H2,1-4H3. The minimum atomic E-state index is 0.0934. The van der Waals surface area contributed by atoms with Crippen LogP contribution in [0.3, 0.4) is 0 Å². The van der Waals surface area contributed by atoms with E-state index in [0.717, 1.165) is 86.5 Å². The minimum Gasteiger partial charge on any atom is -0.507 e. The van der Waals surface area contributed by atoms with Crippen LogP contribution in [0.5, 0.6) is 11.5 Å². The fourth-order valence-electron chi connectivity index (χ4n) is 4.97. The molecule has 2 unspecified atom stereocenters. The molecule has 2 atom stereocenters. The maximum Gasteiger partial charge on any atom is 0.127 e. The van der Waals surface area contributed by atoms with Gasteiger partial charge in [-0.15, -0.1) is 0 Å². The first kappa shape index (κ1) is 26.0. The number of hydrogen-bond acceptors (Lipinski definition) is 4. The molecule has 0 amide bonds. The summed E-state index contributed by atoms with van der Waals surface area (Å²) in [6, 6.07) is 8.58. The fraction of sp³-hybridized carbons (Fsp3) is 0.533. The summed E-state index contributed by atoms with van der Waals surface area (Å²) in [5, 5.41) is 21.5. The Morgan fingerprint density at radius 1 is 0.706 bits per heavy atom. The van der Waals surface area contributed by atoms with Crippen molar-refractivity contribution >= 4 is 12.4 Å². The van der Waals surface area contributed by atoms with Crippen molar-refractivity contribution in [2.75, 3.05) is 0 Å². The van der Waals surface area contributed by atoms with Crippen LogP contribution >= 0.6 is 0 Å². The molecule has 4 nitrogen and oxygen atoms in total. The Bertz CT molecular complexity index is 928. The molecule has 1 fully saturated rings. The second-order valence-corrected chi connectivity index (χ2v) is 9.57. The van der Waals surface area contributed by atoms with E-state index in [2.05, 4.69) is 52.0 Å². The van der Waals surface area contributed by atoms with Gasteiger partial charge in [-0.05, 0) is 72.9 Å². The molecule has 0 radical (unpaired) electrons. The van der Waals surface area contributed by atoms with Crippen LogP contribution in [0, 0.1) is 0 Å². The molecule has 2 aromatic carbocycles. The number of phenolic OH excluding ortho intramolecular Hbond substituents is 2. The Kier molecular flexibility index (Phi) is 9.74. The van der Waals surface area contributed by atoms with Gasteiger partial charge in [0.05, 0.1) is 12.1 Å². The third kappa shape index (κ3) is 6.49. The summed E-state index contributed by atoms with van der Waals surface area (Å²) in [4.78, 5) is 9.85. The first-order valence-corrected chi connectivity index (χ1v) is 13.3. The average molecular weight is 463 g/mol. The number of rotatable bonds is 10. The zero-order chi connectivity index (χ0) is 24.5. The first-order valence-electron chi connectivity index (χ1n) is 13.3. The van der Waals surface area contributed by atoms with E-state index in [0.29, 0.717) is 11.5 Å². The zero-order valence-corrected chi connectivity index (χ0v) is 21.5. The van der Waals surface area contributed by atoms with Crippen molar-refractivity contribution < 1.29 is 10.2 Å². The monoisotopic (exact) mass is 462 g/mol. The average Bonchev–Trinajstić information content (AvgIpc) is 2.85. The van der Waals surface area contributed by atoms with Crippen molar-refractivity contribution in [1.82, 2.24) is 0 Å². The Morgan fingerprint density at radius 3 is 1.47 bits per heavy atom. The quantitative estimate of drug-likeness (QED) is 0.374. The summed E-state index contributed by atoms with van der Waals surface area (Å²) in [6.07, 6.45) is 13.8. The predicted octanol–water partition coefficient (Wildman–Crippen LogP) is 6.98. The van der Waals surface area contributed by atoms with Crippen LogP contribution in [0.4, 0.5) is 0 Å². The van der Waals surface area contributed by atoms with Gasteiger partial charge in [0.25, 0.3) is 0 Å². The van der Waals surface area contributed by atoms with E-state index in [9.17, 15) is 10.2 Å². The van der Waals surface area contributed by atoms with E-state index in [-0.39, 0.29) is 12.1 Å². The van der Waals surface area contributed by atoms with Crippen LogP contribution in [0.15, 0.2) is 34.3 Å². The Balaban J connectivity index is 1.85. The van der Waals surface area contributed by atoms with Gasteiger partial charge < -0.3 is 10.2 Å². The highest BCUT2D eigenvalue weighted by Gasteiger charge is 2.23. The number of benzene rings is 2. The van der Waals surface area contributed by atoms with Crippen LogP contribution in [-0.4, -0.2) is 34.7 Å². The van der Waals surface area contributed by atoms with Crippen molar-refractivity contribution in [2.45, 2.75) is 104 Å². The summed E-state index contributed by atoms with van der Waals surface area (Å²) in [7, 11) is 0. The van der Waals surface area contributed by atoms with E-state index in [4.69, 9.17) is 9.98 Å². The van der Waals surface area contributed by atoms with E-state index < -0.39 is 0 Å². The van der Waals surface area contributed by atoms with Crippen LogP contribution < -0.4 is 0 Å². The van der Waals surface area contributed by atoms with E-state index in [1.165, 1.54) is 11.1 Å². The highest BCUT2D eigenvalue weighted by molar-refractivity contribution is 5.85. The van der Waals surface area contributed by atoms with Gasteiger partial charge in [0.2, 0.25) is 0 Å². The number of phenols is 2. The normalized spacial score (nSPS) is 18.8. The topological polar surface area (TPSA) is 65.2 Å². The van der Waals surface area contributed by atoms with Crippen LogP contribution in [0.1, 0.15) is 99.6 Å². The van der Waals surface area contributed by atoms with Crippen LogP contribution in [0.25, 0.3) is 0 Å². The van der Waals surface area contributed by atoms with E-state index in [1.54, 1.807) is 0 Å². The van der Waals surface area contributed by atoms with Gasteiger partial charge in [-0.1, -0.05) is 65.5 Å². The number of hydrogen-bond donors (Lipinski definition) is 2. The number of aromatic hydroxyl groups is 2. The highest BCUT2D eigenvalue weighted by Crippen LogP contribution is 2.29. The molecule has 1 aliphatic rings. The lowest BCUT2D eigenvalue weighted by molar-refractivity contribution is 0.390. The first-order chi connectivity index (χ1) is 16.5. The van der Waals surface area contributed by atoms with E-state index in [1.807, 2.05) is 12.4 Å². The summed E-state index contributed by atoms with van der Waals surface area (Å²) >= 11 is 0. The summed E-state index contributed by atoms with van der Waals surface area (Å²) < 4.78 is 0. The van der Waals surface area contributed by atoms with Gasteiger partial charge in [-0.25, -0.2) is 0 Å². The highest BCUT2D eigenvalue weighted by atomic mass is 16.3. The molecular weight excluding hydrogens is 420 g/mol. The molecule has 2 aromatic rings. The largest absolute Gasteiger partial charge is 0.507 e. The minimum absolute atomic E-state index is 0.0934. The molecule has 0 heterocycles. The molecule has 0 saturated heterocycles. The van der Waals surface area contributed by atoms with Crippen molar-refractivity contribution in [3.05, 3.63) is 57.6 Å². The number of aryl methyl sites for hydroxylation is 4. The smallest absolute Gasteiger partial charge is 0.127 e. The van der Waals surface area contributed by atoms with Crippen LogP contribution in [0.2, 0.25) is 0 Å². The Labute approximate surface area is 205 Å². The van der Waals surface area contributed by atoms with Crippen molar-refractivity contribution in [2.24, 2.45) is 9.98 Å². The molecule has 1 saturated carbocycles. The second-order valence-electron chi connectivity index (χ2n) is 9.57. The maximum atomic E-state index is 10.7. The van der Waals surface area contributed by atoms with Gasteiger partial charge in [0.1, 0.15) is 11.5 Å². The van der Waals surface area contributed by atoms with Gasteiger partial charge >= 0.3 is 0 Å². The molecule has 1 aliphatic carbocycles. The summed E-state index contributed by atoms with van der Waals surface area (Å²) in [5.41, 5.74) is 6.11. The molecule has 3 rings (SSSR count). The molecule has 184 valence electrons. The summed E-state index contributed by atoms with van der Waals surface area (Å²) in [6.45, 7) is 8.51. The van der Waals surface area contributed by atoms with Gasteiger partial charge in [0.15, 0.2) is 0 Å². The van der Waals surface area contributed by atoms with Gasteiger partial charge in [-0.2, -0.15) is 0 Å². The van der Waals surface area contributed by atoms with Crippen molar-refractivity contribution in [3.8, 4) is 11.5 Å². The zero-order valence-electron chi connectivity index (χ0n) is 21.5. The van der Waals surface area contributed by atoms with Crippen molar-refractivity contribution in [1.29, 1.82) is 0 Å². The van der Waals surface area contributed by atoms with E-state index >= 15 is 0 Å². The van der Waals surface area contributed by atoms with Gasteiger partial charge in [0, 0.05) is 23.6 Å². The summed E-state index contributed by atoms with van der Waals surface area (Å²) in [5.74, 6) is 0.707. The molecule has 0 spiro atoms. The molecule has 0 aliphatic heterocycles. The van der Waals surface area contributed by atoms with Crippen molar-refractivity contribution in [3.63, 3.8) is 0 Å². The number of aliphatic imine (C=N–C) groups is 2. The van der Waals surface area contributed by atoms with Crippen LogP contribution in [-0.2, 0) is 25.7 Å². The Hall–Kier alpha value is -2.62. The molecule has 4 heteroatoms. The predicted molar refractivity (Wildman–Crippen MR) is 144 cm³/mol. The third-order valence-corrected chi connectivity index (χ3v) is 6.90.